The second-order valence-electron chi connectivity index (χ2n) is 7.99. The number of ether oxygens (including phenoxy) is 2. The first-order chi connectivity index (χ1) is 12.7. The summed E-state index contributed by atoms with van der Waals surface area (Å²) >= 11 is 6.37. The molecule has 2 aromatic rings. The second-order valence-corrected chi connectivity index (χ2v) is 8.35. The lowest BCUT2D eigenvalue weighted by molar-refractivity contribution is -0.144. The van der Waals surface area contributed by atoms with Gasteiger partial charge in [-0.05, 0) is 26.8 Å². The van der Waals surface area contributed by atoms with Gasteiger partial charge in [0.2, 0.25) is 0 Å². The summed E-state index contributed by atoms with van der Waals surface area (Å²) in [7, 11) is 0. The largest absolute Gasteiger partial charge is 0.444 e. The fourth-order valence-corrected chi connectivity index (χ4v) is 3.65. The molecule has 0 bridgehead atoms. The highest BCUT2D eigenvalue weighted by Gasteiger charge is 2.50. The first-order valence-electron chi connectivity index (χ1n) is 8.89. The van der Waals surface area contributed by atoms with Crippen LogP contribution < -0.4 is 4.90 Å². The fraction of sp³-hybridized carbons (Fsp3) is 0.556. The highest BCUT2D eigenvalue weighted by Crippen LogP contribution is 2.34. The van der Waals surface area contributed by atoms with Crippen molar-refractivity contribution >= 4 is 34.5 Å². The minimum absolute atomic E-state index is 0.315. The molecule has 8 nitrogen and oxygen atoms in total. The van der Waals surface area contributed by atoms with Crippen LogP contribution in [0.25, 0.3) is 11.0 Å². The number of rotatable bonds is 1. The molecule has 0 atom stereocenters. The topological polar surface area (TPSA) is 80.7 Å². The van der Waals surface area contributed by atoms with Crippen molar-refractivity contribution in [3.63, 3.8) is 0 Å². The van der Waals surface area contributed by atoms with E-state index < -0.39 is 11.2 Å². The predicted octanol–water partition coefficient (Wildman–Crippen LogP) is 2.50. The Morgan fingerprint density at radius 1 is 1.26 bits per heavy atom. The Morgan fingerprint density at radius 2 is 2.04 bits per heavy atom. The Labute approximate surface area is 162 Å². The number of pyridine rings is 1. The van der Waals surface area contributed by atoms with Crippen LogP contribution in [0.4, 0.5) is 10.6 Å². The lowest BCUT2D eigenvalue weighted by Crippen LogP contribution is -2.71. The van der Waals surface area contributed by atoms with Crippen LogP contribution in [-0.2, 0) is 9.47 Å². The van der Waals surface area contributed by atoms with Gasteiger partial charge in [0, 0.05) is 12.7 Å². The number of anilines is 1. The van der Waals surface area contributed by atoms with Crippen LogP contribution in [0, 0.1) is 0 Å². The Morgan fingerprint density at radius 3 is 2.78 bits per heavy atom. The van der Waals surface area contributed by atoms with Gasteiger partial charge in [-0.1, -0.05) is 11.6 Å². The molecular weight excluding hydrogens is 370 g/mol. The molecule has 1 spiro atoms. The van der Waals surface area contributed by atoms with Crippen LogP contribution in [0.5, 0.6) is 0 Å². The smallest absolute Gasteiger partial charge is 0.410 e. The van der Waals surface area contributed by atoms with Gasteiger partial charge in [0.25, 0.3) is 0 Å². The quantitative estimate of drug-likeness (QED) is 0.738. The zero-order chi connectivity index (χ0) is 19.2. The molecule has 4 rings (SSSR count). The van der Waals surface area contributed by atoms with Gasteiger partial charge in [-0.25, -0.2) is 14.8 Å². The van der Waals surface area contributed by atoms with Crippen molar-refractivity contribution < 1.29 is 14.3 Å². The minimum Gasteiger partial charge on any atom is -0.444 e. The van der Waals surface area contributed by atoms with E-state index in [0.717, 1.165) is 5.52 Å². The summed E-state index contributed by atoms with van der Waals surface area (Å²) in [6.45, 7) is 8.34. The van der Waals surface area contributed by atoms with Crippen LogP contribution >= 0.6 is 11.6 Å². The number of carbonyl (C=O) groups excluding carboxylic acids is 1. The van der Waals surface area contributed by atoms with Crippen molar-refractivity contribution in [3.05, 3.63) is 23.6 Å². The standard InChI is InChI=1S/C18H22ClN5O3/c1-17(2,3)27-16(25)24-10-18(11-24)9-23(6-7-26-18)15-14(19)21-13-8-20-5-4-12(13)22-15/h4-5,8H,6-7,9-11H2,1-3H3. The molecule has 2 aliphatic heterocycles. The van der Waals surface area contributed by atoms with Gasteiger partial charge in [0.05, 0.1) is 38.0 Å². The number of hydrogen-bond acceptors (Lipinski definition) is 7. The Hall–Kier alpha value is -2.19. The van der Waals surface area contributed by atoms with E-state index in [9.17, 15) is 4.79 Å². The van der Waals surface area contributed by atoms with Crippen molar-refractivity contribution in [2.75, 3.05) is 37.7 Å². The molecular formula is C18H22ClN5O3. The van der Waals surface area contributed by atoms with Gasteiger partial charge in [0.1, 0.15) is 16.7 Å². The van der Waals surface area contributed by atoms with Crippen LogP contribution in [0.2, 0.25) is 5.15 Å². The van der Waals surface area contributed by atoms with E-state index in [1.165, 1.54) is 0 Å². The maximum atomic E-state index is 12.2. The van der Waals surface area contributed by atoms with Gasteiger partial charge < -0.3 is 19.3 Å². The fourth-order valence-electron chi connectivity index (χ4n) is 3.40. The van der Waals surface area contributed by atoms with E-state index in [1.54, 1.807) is 17.3 Å². The van der Waals surface area contributed by atoms with E-state index in [1.807, 2.05) is 26.8 Å². The molecule has 0 aromatic carbocycles. The molecule has 0 aliphatic carbocycles. The third-order valence-corrected chi connectivity index (χ3v) is 4.82. The zero-order valence-corrected chi connectivity index (χ0v) is 16.4. The summed E-state index contributed by atoms with van der Waals surface area (Å²) in [5.41, 5.74) is 0.471. The van der Waals surface area contributed by atoms with Gasteiger partial charge in [-0.15, -0.1) is 0 Å². The average molecular weight is 392 g/mol. The molecule has 2 aliphatic rings. The van der Waals surface area contributed by atoms with Crippen molar-refractivity contribution in [1.82, 2.24) is 19.9 Å². The minimum atomic E-state index is -0.512. The van der Waals surface area contributed by atoms with E-state index in [2.05, 4.69) is 19.9 Å². The first-order valence-corrected chi connectivity index (χ1v) is 9.27. The predicted molar refractivity (Wildman–Crippen MR) is 101 cm³/mol. The van der Waals surface area contributed by atoms with Crippen LogP contribution in [0.3, 0.4) is 0 Å². The third-order valence-electron chi connectivity index (χ3n) is 4.56. The number of nitrogens with zero attached hydrogens (tertiary/aromatic N) is 5. The van der Waals surface area contributed by atoms with Gasteiger partial charge in [0.15, 0.2) is 11.0 Å². The number of fused-ring (bicyclic) bond motifs is 1. The summed E-state index contributed by atoms with van der Waals surface area (Å²) in [4.78, 5) is 29.0. The molecule has 0 N–H and O–H groups in total. The molecule has 27 heavy (non-hydrogen) atoms. The average Bonchev–Trinajstić information content (AvgIpc) is 2.57. The molecule has 2 saturated heterocycles. The monoisotopic (exact) mass is 391 g/mol. The molecule has 1 amide bonds. The number of aromatic nitrogens is 3. The number of amides is 1. The summed E-state index contributed by atoms with van der Waals surface area (Å²) in [6.07, 6.45) is 3.01. The van der Waals surface area contributed by atoms with E-state index in [-0.39, 0.29) is 6.09 Å². The number of likely N-dealkylation sites (tertiary alicyclic amines) is 1. The third kappa shape index (κ3) is 3.64. The van der Waals surface area contributed by atoms with Crippen molar-refractivity contribution in [2.45, 2.75) is 32.0 Å². The van der Waals surface area contributed by atoms with Crippen molar-refractivity contribution in [3.8, 4) is 0 Å². The number of hydrogen-bond donors (Lipinski definition) is 0. The molecule has 4 heterocycles. The SMILES string of the molecule is CC(C)(C)OC(=O)N1CC2(C1)CN(c1nc3ccncc3nc1Cl)CCO2. The number of morpholine rings is 1. The second kappa shape index (κ2) is 6.45. The van der Waals surface area contributed by atoms with Gasteiger partial charge >= 0.3 is 6.09 Å². The van der Waals surface area contributed by atoms with E-state index in [0.29, 0.717) is 49.3 Å². The Kier molecular flexibility index (Phi) is 4.35. The van der Waals surface area contributed by atoms with Crippen LogP contribution in [0.1, 0.15) is 20.8 Å². The Balaban J connectivity index is 1.48. The number of halogens is 1. The highest BCUT2D eigenvalue weighted by molar-refractivity contribution is 6.32. The summed E-state index contributed by atoms with van der Waals surface area (Å²) in [5, 5.41) is 0.343. The summed E-state index contributed by atoms with van der Waals surface area (Å²) < 4.78 is 11.4. The molecule has 0 unspecified atom stereocenters. The first kappa shape index (κ1) is 18.2. The lowest BCUT2D eigenvalue weighted by Gasteiger charge is -2.53. The summed E-state index contributed by atoms with van der Waals surface area (Å²) in [6, 6.07) is 1.81. The van der Waals surface area contributed by atoms with Crippen molar-refractivity contribution in [2.24, 2.45) is 0 Å². The van der Waals surface area contributed by atoms with E-state index >= 15 is 0 Å². The maximum absolute atomic E-state index is 12.2. The molecule has 2 fully saturated rings. The van der Waals surface area contributed by atoms with Crippen molar-refractivity contribution in [1.29, 1.82) is 0 Å². The summed E-state index contributed by atoms with van der Waals surface area (Å²) in [5.74, 6) is 0.633. The molecule has 0 saturated carbocycles. The number of carbonyl (C=O) groups is 1. The normalized spacial score (nSPS) is 19.3. The molecule has 0 radical (unpaired) electrons. The highest BCUT2D eigenvalue weighted by atomic mass is 35.5. The molecule has 9 heteroatoms. The van der Waals surface area contributed by atoms with Crippen LogP contribution in [0.15, 0.2) is 18.5 Å². The lowest BCUT2D eigenvalue weighted by atomic mass is 9.92. The zero-order valence-electron chi connectivity index (χ0n) is 15.6. The van der Waals surface area contributed by atoms with E-state index in [4.69, 9.17) is 21.1 Å². The van der Waals surface area contributed by atoms with Gasteiger partial charge in [-0.3, -0.25) is 4.98 Å². The maximum Gasteiger partial charge on any atom is 0.410 e. The van der Waals surface area contributed by atoms with Gasteiger partial charge in [-0.2, -0.15) is 0 Å². The molecule has 144 valence electrons. The molecule has 2 aromatic heterocycles. The van der Waals surface area contributed by atoms with Crippen LogP contribution in [-0.4, -0.2) is 69.9 Å². The Bertz CT molecular complexity index is 879.